The van der Waals surface area contributed by atoms with Gasteiger partial charge in [0, 0.05) is 30.8 Å². The molecule has 0 fully saturated rings. The highest BCUT2D eigenvalue weighted by molar-refractivity contribution is 5.69. The number of fused-ring (bicyclic) bond motifs is 1. The molecule has 3 rings (SSSR count). The van der Waals surface area contributed by atoms with Crippen LogP contribution in [0.2, 0.25) is 0 Å². The molecule has 1 atom stereocenters. The molecule has 1 aliphatic rings. The highest BCUT2D eigenvalue weighted by atomic mass is 19.1. The number of rotatable bonds is 4. The summed E-state index contributed by atoms with van der Waals surface area (Å²) in [7, 11) is 0. The number of aliphatic carboxylic acids is 1. The Hall–Kier alpha value is -2.17. The SMILES string of the molecule is O=C(O)CC(c1ccccc1F)c1cnc2n1CCCC2. The zero-order chi connectivity index (χ0) is 14.8. The zero-order valence-electron chi connectivity index (χ0n) is 11.6. The summed E-state index contributed by atoms with van der Waals surface area (Å²) < 4.78 is 16.2. The lowest BCUT2D eigenvalue weighted by Gasteiger charge is -2.22. The van der Waals surface area contributed by atoms with Crippen LogP contribution in [-0.4, -0.2) is 20.6 Å². The maximum absolute atomic E-state index is 14.1. The summed E-state index contributed by atoms with van der Waals surface area (Å²) in [6.07, 6.45) is 4.62. The Kier molecular flexibility index (Phi) is 3.73. The zero-order valence-corrected chi connectivity index (χ0v) is 11.6. The molecule has 1 aliphatic heterocycles. The number of carbonyl (C=O) groups is 1. The molecule has 0 saturated carbocycles. The second kappa shape index (κ2) is 5.68. The van der Waals surface area contributed by atoms with Crippen LogP contribution in [0.4, 0.5) is 4.39 Å². The number of benzene rings is 1. The average molecular weight is 288 g/mol. The summed E-state index contributed by atoms with van der Waals surface area (Å²) in [5.41, 5.74) is 1.23. The van der Waals surface area contributed by atoms with Gasteiger partial charge in [0.15, 0.2) is 0 Å². The number of halogens is 1. The molecule has 2 heterocycles. The van der Waals surface area contributed by atoms with Crippen LogP contribution in [-0.2, 0) is 17.8 Å². The molecule has 4 nitrogen and oxygen atoms in total. The molecule has 110 valence electrons. The van der Waals surface area contributed by atoms with Crippen molar-refractivity contribution in [2.24, 2.45) is 0 Å². The Labute approximate surface area is 122 Å². The fraction of sp³-hybridized carbons (Fsp3) is 0.375. The molecule has 0 radical (unpaired) electrons. The first kappa shape index (κ1) is 13.8. The number of carboxylic acids is 1. The van der Waals surface area contributed by atoms with E-state index in [9.17, 15) is 14.3 Å². The molecule has 5 heteroatoms. The number of hydrogen-bond acceptors (Lipinski definition) is 2. The maximum Gasteiger partial charge on any atom is 0.304 e. The number of imidazole rings is 1. The lowest BCUT2D eigenvalue weighted by molar-refractivity contribution is -0.137. The first-order chi connectivity index (χ1) is 10.2. The summed E-state index contributed by atoms with van der Waals surface area (Å²) in [5.74, 6) is -0.823. The van der Waals surface area contributed by atoms with E-state index in [0.717, 1.165) is 37.3 Å². The van der Waals surface area contributed by atoms with Crippen LogP contribution in [0.5, 0.6) is 0 Å². The van der Waals surface area contributed by atoms with Crippen molar-refractivity contribution < 1.29 is 14.3 Å². The third kappa shape index (κ3) is 2.68. The quantitative estimate of drug-likeness (QED) is 0.941. The van der Waals surface area contributed by atoms with Gasteiger partial charge in [0.25, 0.3) is 0 Å². The molecule has 0 spiro atoms. The Morgan fingerprint density at radius 2 is 2.19 bits per heavy atom. The normalized spacial score (nSPS) is 15.5. The standard InChI is InChI=1S/C16H17FN2O2/c17-13-6-2-1-5-11(13)12(9-16(20)21)14-10-18-15-7-3-4-8-19(14)15/h1-2,5-6,10,12H,3-4,7-9H2,(H,20,21). The summed E-state index contributed by atoms with van der Waals surface area (Å²) in [6, 6.07) is 6.38. The predicted molar refractivity (Wildman–Crippen MR) is 75.7 cm³/mol. The van der Waals surface area contributed by atoms with Gasteiger partial charge in [0.2, 0.25) is 0 Å². The second-order valence-electron chi connectivity index (χ2n) is 5.38. The predicted octanol–water partition coefficient (Wildman–Crippen LogP) is 2.97. The molecule has 0 amide bonds. The van der Waals surface area contributed by atoms with Crippen LogP contribution < -0.4 is 0 Å². The van der Waals surface area contributed by atoms with E-state index in [1.54, 1.807) is 24.4 Å². The van der Waals surface area contributed by atoms with Crippen LogP contribution in [0.15, 0.2) is 30.5 Å². The molecule has 0 bridgehead atoms. The Balaban J connectivity index is 2.06. The largest absolute Gasteiger partial charge is 0.481 e. The van der Waals surface area contributed by atoms with Gasteiger partial charge in [-0.05, 0) is 24.5 Å². The fourth-order valence-electron chi connectivity index (χ4n) is 3.02. The van der Waals surface area contributed by atoms with Gasteiger partial charge in [-0.25, -0.2) is 9.37 Å². The third-order valence-electron chi connectivity index (χ3n) is 4.02. The molecule has 0 saturated heterocycles. The van der Waals surface area contributed by atoms with Gasteiger partial charge >= 0.3 is 5.97 Å². The van der Waals surface area contributed by atoms with E-state index in [-0.39, 0.29) is 12.2 Å². The van der Waals surface area contributed by atoms with E-state index in [4.69, 9.17) is 0 Å². The minimum Gasteiger partial charge on any atom is -0.481 e. The van der Waals surface area contributed by atoms with Gasteiger partial charge in [0.05, 0.1) is 6.42 Å². The van der Waals surface area contributed by atoms with E-state index in [2.05, 4.69) is 9.55 Å². The monoisotopic (exact) mass is 288 g/mol. The number of nitrogens with zero attached hydrogens (tertiary/aromatic N) is 2. The topological polar surface area (TPSA) is 55.1 Å². The van der Waals surface area contributed by atoms with Gasteiger partial charge in [0.1, 0.15) is 11.6 Å². The van der Waals surface area contributed by atoms with Crippen molar-refractivity contribution >= 4 is 5.97 Å². The number of aromatic nitrogens is 2. The molecule has 21 heavy (non-hydrogen) atoms. The third-order valence-corrected chi connectivity index (χ3v) is 4.02. The molecule has 1 N–H and O–H groups in total. The number of hydrogen-bond donors (Lipinski definition) is 1. The Morgan fingerprint density at radius 1 is 1.38 bits per heavy atom. The molecular formula is C16H17FN2O2. The van der Waals surface area contributed by atoms with Crippen molar-refractivity contribution in [3.05, 3.63) is 53.4 Å². The van der Waals surface area contributed by atoms with Crippen molar-refractivity contribution in [3.63, 3.8) is 0 Å². The van der Waals surface area contributed by atoms with Crippen molar-refractivity contribution in [2.75, 3.05) is 0 Å². The number of aryl methyl sites for hydroxylation is 1. The second-order valence-corrected chi connectivity index (χ2v) is 5.38. The molecule has 1 aromatic heterocycles. The summed E-state index contributed by atoms with van der Waals surface area (Å²) in [5, 5.41) is 9.19. The van der Waals surface area contributed by atoms with Crippen molar-refractivity contribution in [1.82, 2.24) is 9.55 Å². The smallest absolute Gasteiger partial charge is 0.304 e. The summed E-state index contributed by atoms with van der Waals surface area (Å²) >= 11 is 0. The van der Waals surface area contributed by atoms with E-state index >= 15 is 0 Å². The Bertz CT molecular complexity index is 666. The van der Waals surface area contributed by atoms with Crippen molar-refractivity contribution in [1.29, 1.82) is 0 Å². The lowest BCUT2D eigenvalue weighted by atomic mass is 9.92. The lowest BCUT2D eigenvalue weighted by Crippen LogP contribution is -2.18. The summed E-state index contributed by atoms with van der Waals surface area (Å²) in [4.78, 5) is 15.6. The van der Waals surface area contributed by atoms with Gasteiger partial charge in [-0.3, -0.25) is 4.79 Å². The minimum absolute atomic E-state index is 0.133. The van der Waals surface area contributed by atoms with E-state index < -0.39 is 11.9 Å². The first-order valence-electron chi connectivity index (χ1n) is 7.17. The van der Waals surface area contributed by atoms with Crippen LogP contribution in [0.3, 0.4) is 0 Å². The van der Waals surface area contributed by atoms with E-state index in [0.29, 0.717) is 5.56 Å². The van der Waals surface area contributed by atoms with Gasteiger partial charge in [-0.1, -0.05) is 18.2 Å². The van der Waals surface area contributed by atoms with Gasteiger partial charge < -0.3 is 9.67 Å². The molecule has 1 aromatic carbocycles. The molecule has 1 unspecified atom stereocenters. The van der Waals surface area contributed by atoms with Crippen LogP contribution in [0, 0.1) is 5.82 Å². The molecule has 0 aliphatic carbocycles. The van der Waals surface area contributed by atoms with Crippen LogP contribution in [0.1, 0.15) is 42.3 Å². The molecule has 2 aromatic rings. The number of carboxylic acid groups (broad SMARTS) is 1. The maximum atomic E-state index is 14.1. The van der Waals surface area contributed by atoms with Crippen molar-refractivity contribution in [3.8, 4) is 0 Å². The minimum atomic E-state index is -0.936. The highest BCUT2D eigenvalue weighted by Gasteiger charge is 2.26. The van der Waals surface area contributed by atoms with E-state index in [1.165, 1.54) is 6.07 Å². The summed E-state index contributed by atoms with van der Waals surface area (Å²) in [6.45, 7) is 0.829. The average Bonchev–Trinajstić information content (AvgIpc) is 2.89. The van der Waals surface area contributed by atoms with Crippen LogP contribution in [0.25, 0.3) is 0 Å². The van der Waals surface area contributed by atoms with Crippen LogP contribution >= 0.6 is 0 Å². The van der Waals surface area contributed by atoms with Crippen molar-refractivity contribution in [2.45, 2.75) is 38.1 Å². The van der Waals surface area contributed by atoms with Gasteiger partial charge in [-0.2, -0.15) is 0 Å². The Morgan fingerprint density at radius 3 is 2.95 bits per heavy atom. The highest BCUT2D eigenvalue weighted by Crippen LogP contribution is 2.32. The first-order valence-corrected chi connectivity index (χ1v) is 7.17. The molecular weight excluding hydrogens is 271 g/mol. The van der Waals surface area contributed by atoms with Gasteiger partial charge in [-0.15, -0.1) is 0 Å². The fourth-order valence-corrected chi connectivity index (χ4v) is 3.02. The van der Waals surface area contributed by atoms with E-state index in [1.807, 2.05) is 0 Å².